The zero-order valence-electron chi connectivity index (χ0n) is 14.4. The second-order valence-electron chi connectivity index (χ2n) is 5.40. The second kappa shape index (κ2) is 9.27. The highest BCUT2D eigenvalue weighted by Crippen LogP contribution is 2.16. The fourth-order valence-corrected chi connectivity index (χ4v) is 2.22. The van der Waals surface area contributed by atoms with Crippen LogP contribution < -0.4 is 15.4 Å². The van der Waals surface area contributed by atoms with Crippen LogP contribution in [0.15, 0.2) is 54.6 Å². The molecule has 0 fully saturated rings. The third-order valence-corrected chi connectivity index (χ3v) is 3.49. The van der Waals surface area contributed by atoms with Crippen LogP contribution in [0.5, 0.6) is 5.75 Å². The number of amides is 2. The van der Waals surface area contributed by atoms with Crippen molar-refractivity contribution in [2.75, 3.05) is 19.0 Å². The summed E-state index contributed by atoms with van der Waals surface area (Å²) in [4.78, 5) is 24.3. The van der Waals surface area contributed by atoms with Gasteiger partial charge in [-0.25, -0.2) is 0 Å². The molecule has 2 amide bonds. The highest BCUT2D eigenvalue weighted by molar-refractivity contribution is 6.07. The van der Waals surface area contributed by atoms with Gasteiger partial charge in [-0.3, -0.25) is 9.59 Å². The van der Waals surface area contributed by atoms with E-state index in [0.717, 1.165) is 17.7 Å². The Hall–Kier alpha value is -3.08. The van der Waals surface area contributed by atoms with Gasteiger partial charge in [0.1, 0.15) is 5.75 Å². The Morgan fingerprint density at radius 1 is 1.12 bits per heavy atom. The number of ether oxygens (including phenoxy) is 1. The van der Waals surface area contributed by atoms with Crippen molar-refractivity contribution in [3.63, 3.8) is 0 Å². The number of carbonyl (C=O) groups excluding carboxylic acids is 2. The first-order chi connectivity index (χ1) is 12.1. The molecule has 0 heterocycles. The summed E-state index contributed by atoms with van der Waals surface area (Å²) in [6, 6.07) is 14.3. The maximum absolute atomic E-state index is 12.2. The molecule has 0 atom stereocenters. The van der Waals surface area contributed by atoms with Crippen LogP contribution in [0, 0.1) is 0 Å². The van der Waals surface area contributed by atoms with E-state index in [4.69, 9.17) is 4.74 Å². The van der Waals surface area contributed by atoms with E-state index in [1.165, 1.54) is 6.08 Å². The second-order valence-corrected chi connectivity index (χ2v) is 5.40. The Morgan fingerprint density at radius 3 is 2.68 bits per heavy atom. The SMILES string of the molecule is CCCNC(=O)c1ccccc1NC(=O)/C=C/c1cccc(OC)c1. The lowest BCUT2D eigenvalue weighted by molar-refractivity contribution is -0.111. The summed E-state index contributed by atoms with van der Waals surface area (Å²) in [7, 11) is 1.59. The minimum Gasteiger partial charge on any atom is -0.497 e. The van der Waals surface area contributed by atoms with Gasteiger partial charge in [-0.15, -0.1) is 0 Å². The van der Waals surface area contributed by atoms with Crippen molar-refractivity contribution in [3.8, 4) is 5.75 Å². The molecule has 0 aliphatic carbocycles. The van der Waals surface area contributed by atoms with Crippen LogP contribution in [0.1, 0.15) is 29.3 Å². The zero-order chi connectivity index (χ0) is 18.1. The van der Waals surface area contributed by atoms with Gasteiger partial charge in [-0.2, -0.15) is 0 Å². The van der Waals surface area contributed by atoms with Gasteiger partial charge in [0.05, 0.1) is 18.4 Å². The molecule has 2 aromatic rings. The van der Waals surface area contributed by atoms with Gasteiger partial charge >= 0.3 is 0 Å². The third-order valence-electron chi connectivity index (χ3n) is 3.49. The van der Waals surface area contributed by atoms with E-state index in [1.54, 1.807) is 37.5 Å². The summed E-state index contributed by atoms with van der Waals surface area (Å²) in [5.74, 6) is 0.216. The average molecular weight is 338 g/mol. The number of para-hydroxylation sites is 1. The minimum absolute atomic E-state index is 0.200. The van der Waals surface area contributed by atoms with Crippen molar-refractivity contribution in [2.45, 2.75) is 13.3 Å². The molecule has 0 aliphatic rings. The van der Waals surface area contributed by atoms with Crippen LogP contribution in [0.25, 0.3) is 6.08 Å². The fraction of sp³-hybridized carbons (Fsp3) is 0.200. The van der Waals surface area contributed by atoms with Crippen molar-refractivity contribution >= 4 is 23.6 Å². The highest BCUT2D eigenvalue weighted by Gasteiger charge is 2.11. The average Bonchev–Trinajstić information content (AvgIpc) is 2.65. The molecule has 0 aromatic heterocycles. The molecule has 5 heteroatoms. The van der Waals surface area contributed by atoms with Crippen molar-refractivity contribution < 1.29 is 14.3 Å². The van der Waals surface area contributed by atoms with Gasteiger partial charge in [-0.05, 0) is 42.3 Å². The molecule has 0 spiro atoms. The van der Waals surface area contributed by atoms with E-state index in [1.807, 2.05) is 31.2 Å². The lowest BCUT2D eigenvalue weighted by atomic mass is 10.1. The van der Waals surface area contributed by atoms with Gasteiger partial charge in [0, 0.05) is 12.6 Å². The summed E-state index contributed by atoms with van der Waals surface area (Å²) in [5.41, 5.74) is 1.78. The van der Waals surface area contributed by atoms with Crippen LogP contribution in [0.2, 0.25) is 0 Å². The number of anilines is 1. The van der Waals surface area contributed by atoms with Crippen LogP contribution >= 0.6 is 0 Å². The maximum Gasteiger partial charge on any atom is 0.253 e. The Bertz CT molecular complexity index is 769. The van der Waals surface area contributed by atoms with E-state index < -0.39 is 0 Å². The number of hydrogen-bond acceptors (Lipinski definition) is 3. The van der Waals surface area contributed by atoms with E-state index in [2.05, 4.69) is 10.6 Å². The molecule has 5 nitrogen and oxygen atoms in total. The third kappa shape index (κ3) is 5.49. The summed E-state index contributed by atoms with van der Waals surface area (Å²) < 4.78 is 5.15. The Balaban J connectivity index is 2.07. The number of carbonyl (C=O) groups is 2. The van der Waals surface area contributed by atoms with Gasteiger partial charge in [0.25, 0.3) is 5.91 Å². The zero-order valence-corrected chi connectivity index (χ0v) is 14.4. The van der Waals surface area contributed by atoms with Crippen LogP contribution in [0.4, 0.5) is 5.69 Å². The Morgan fingerprint density at radius 2 is 1.92 bits per heavy atom. The quantitative estimate of drug-likeness (QED) is 0.760. The molecule has 0 bridgehead atoms. The van der Waals surface area contributed by atoms with Gasteiger partial charge in [0.15, 0.2) is 0 Å². The molecule has 2 aromatic carbocycles. The molecule has 0 radical (unpaired) electrons. The van der Waals surface area contributed by atoms with Gasteiger partial charge in [-0.1, -0.05) is 31.2 Å². The highest BCUT2D eigenvalue weighted by atomic mass is 16.5. The van der Waals surface area contributed by atoms with Crippen molar-refractivity contribution in [2.24, 2.45) is 0 Å². The topological polar surface area (TPSA) is 67.4 Å². The molecule has 25 heavy (non-hydrogen) atoms. The normalized spacial score (nSPS) is 10.5. The minimum atomic E-state index is -0.307. The first-order valence-corrected chi connectivity index (χ1v) is 8.14. The maximum atomic E-state index is 12.2. The number of nitrogens with one attached hydrogen (secondary N) is 2. The molecule has 0 unspecified atom stereocenters. The summed E-state index contributed by atoms with van der Waals surface area (Å²) in [6.45, 7) is 2.58. The number of hydrogen-bond donors (Lipinski definition) is 2. The lowest BCUT2D eigenvalue weighted by Crippen LogP contribution is -2.25. The molecule has 0 saturated heterocycles. The predicted molar refractivity (Wildman–Crippen MR) is 99.7 cm³/mol. The summed E-state index contributed by atoms with van der Waals surface area (Å²) >= 11 is 0. The monoisotopic (exact) mass is 338 g/mol. The smallest absolute Gasteiger partial charge is 0.253 e. The molecule has 2 N–H and O–H groups in total. The van der Waals surface area contributed by atoms with Crippen LogP contribution in [-0.2, 0) is 4.79 Å². The standard InChI is InChI=1S/C20H22N2O3/c1-3-13-21-20(24)17-9-4-5-10-18(17)22-19(23)12-11-15-7-6-8-16(14-15)25-2/h4-12,14H,3,13H2,1-2H3,(H,21,24)(H,22,23)/b12-11+. The fourth-order valence-electron chi connectivity index (χ4n) is 2.22. The van der Waals surface area contributed by atoms with E-state index >= 15 is 0 Å². The molecule has 130 valence electrons. The first-order valence-electron chi connectivity index (χ1n) is 8.14. The summed E-state index contributed by atoms with van der Waals surface area (Å²) in [5, 5.41) is 5.56. The molecule has 2 rings (SSSR count). The largest absolute Gasteiger partial charge is 0.497 e. The Labute approximate surface area is 147 Å². The summed E-state index contributed by atoms with van der Waals surface area (Å²) in [6.07, 6.45) is 3.97. The molecular formula is C20H22N2O3. The number of methoxy groups -OCH3 is 1. The molecular weight excluding hydrogens is 316 g/mol. The molecule has 0 saturated carbocycles. The van der Waals surface area contributed by atoms with Crippen molar-refractivity contribution in [3.05, 3.63) is 65.7 Å². The molecule has 0 aliphatic heterocycles. The van der Waals surface area contributed by atoms with Gasteiger partial charge in [0.2, 0.25) is 5.91 Å². The lowest BCUT2D eigenvalue weighted by Gasteiger charge is -2.10. The van der Waals surface area contributed by atoms with E-state index in [0.29, 0.717) is 17.8 Å². The van der Waals surface area contributed by atoms with E-state index in [-0.39, 0.29) is 11.8 Å². The first kappa shape index (κ1) is 18.3. The van der Waals surface area contributed by atoms with E-state index in [9.17, 15) is 9.59 Å². The van der Waals surface area contributed by atoms with Crippen LogP contribution in [-0.4, -0.2) is 25.5 Å². The Kier molecular flexibility index (Phi) is 6.77. The van der Waals surface area contributed by atoms with Crippen LogP contribution in [0.3, 0.4) is 0 Å². The number of rotatable bonds is 7. The van der Waals surface area contributed by atoms with Crippen molar-refractivity contribution in [1.29, 1.82) is 0 Å². The van der Waals surface area contributed by atoms with Gasteiger partial charge < -0.3 is 15.4 Å². The van der Waals surface area contributed by atoms with Crippen molar-refractivity contribution in [1.82, 2.24) is 5.32 Å². The number of benzene rings is 2. The predicted octanol–water partition coefficient (Wildman–Crippen LogP) is 3.49.